The number of amides is 2. The van der Waals surface area contributed by atoms with E-state index in [9.17, 15) is 4.79 Å². The van der Waals surface area contributed by atoms with Gasteiger partial charge in [0.2, 0.25) is 0 Å². The lowest BCUT2D eigenvalue weighted by Crippen LogP contribution is -2.38. The number of nitrogens with one attached hydrogen (secondary N) is 1. The highest BCUT2D eigenvalue weighted by Gasteiger charge is 2.31. The highest BCUT2D eigenvalue weighted by molar-refractivity contribution is 5.90. The van der Waals surface area contributed by atoms with Gasteiger partial charge in [-0.15, -0.1) is 0 Å². The monoisotopic (exact) mass is 339 g/mol. The van der Waals surface area contributed by atoms with Crippen molar-refractivity contribution < 1.29 is 4.79 Å². The summed E-state index contributed by atoms with van der Waals surface area (Å²) in [5.74, 6) is 0. The number of benzene rings is 1. The molecular weight excluding hydrogens is 314 g/mol. The molecule has 4 rings (SSSR count). The Balaban J connectivity index is 1.39. The molecule has 1 aromatic heterocycles. The molecule has 132 valence electrons. The minimum Gasteiger partial charge on any atom is -0.323 e. The van der Waals surface area contributed by atoms with Crippen LogP contribution in [0.2, 0.25) is 0 Å². The topological polar surface area (TPSA) is 53.4 Å². The number of urea groups is 1. The van der Waals surface area contributed by atoms with Crippen molar-refractivity contribution in [3.8, 4) is 0 Å². The number of rotatable bonds is 4. The minimum atomic E-state index is 0.00890. The molecular formula is C19H25N5O. The van der Waals surface area contributed by atoms with E-state index in [-0.39, 0.29) is 6.03 Å². The summed E-state index contributed by atoms with van der Waals surface area (Å²) in [5, 5.41) is 7.35. The zero-order chi connectivity index (χ0) is 17.1. The van der Waals surface area contributed by atoms with Crippen LogP contribution in [0.15, 0.2) is 42.7 Å². The van der Waals surface area contributed by atoms with Crippen LogP contribution in [0.25, 0.3) is 0 Å². The van der Waals surface area contributed by atoms with Gasteiger partial charge in [-0.2, -0.15) is 5.10 Å². The van der Waals surface area contributed by atoms with Crippen LogP contribution in [-0.2, 0) is 6.54 Å². The van der Waals surface area contributed by atoms with Gasteiger partial charge in [-0.3, -0.25) is 9.58 Å². The summed E-state index contributed by atoms with van der Waals surface area (Å²) >= 11 is 0. The quantitative estimate of drug-likeness (QED) is 0.932. The SMILES string of the molecule is O=C(Nc1ccccc1Cn1cccn1)N1CC[C@@H](N2CCCC2)C1. The van der Waals surface area contributed by atoms with Crippen molar-refractivity contribution in [2.24, 2.45) is 0 Å². The highest BCUT2D eigenvalue weighted by Crippen LogP contribution is 2.22. The van der Waals surface area contributed by atoms with Gasteiger partial charge in [0.25, 0.3) is 0 Å². The number of carbonyl (C=O) groups excluding carboxylic acids is 1. The maximum absolute atomic E-state index is 12.7. The maximum Gasteiger partial charge on any atom is 0.321 e. The molecule has 1 N–H and O–H groups in total. The van der Waals surface area contributed by atoms with Gasteiger partial charge >= 0.3 is 6.03 Å². The molecule has 2 aromatic rings. The molecule has 1 atom stereocenters. The summed E-state index contributed by atoms with van der Waals surface area (Å²) in [6.07, 6.45) is 7.37. The first-order valence-corrected chi connectivity index (χ1v) is 9.15. The van der Waals surface area contributed by atoms with E-state index in [4.69, 9.17) is 0 Å². The largest absolute Gasteiger partial charge is 0.323 e. The van der Waals surface area contributed by atoms with Crippen LogP contribution in [0.1, 0.15) is 24.8 Å². The van der Waals surface area contributed by atoms with Gasteiger partial charge in [-0.1, -0.05) is 18.2 Å². The fourth-order valence-electron chi connectivity index (χ4n) is 3.87. The average molecular weight is 339 g/mol. The fraction of sp³-hybridized carbons (Fsp3) is 0.474. The second-order valence-electron chi connectivity index (χ2n) is 6.92. The first kappa shape index (κ1) is 16.1. The standard InChI is InChI=1S/C19H25N5O/c25-19(23-13-8-17(15-23)22-10-3-4-11-22)21-18-7-2-1-6-16(18)14-24-12-5-9-20-24/h1-2,5-7,9,12,17H,3-4,8,10-11,13-15H2,(H,21,25)/t17-/m1/s1. The van der Waals surface area contributed by atoms with E-state index < -0.39 is 0 Å². The Morgan fingerprint density at radius 2 is 2.00 bits per heavy atom. The van der Waals surface area contributed by atoms with E-state index in [0.29, 0.717) is 12.6 Å². The average Bonchev–Trinajstić information content (AvgIpc) is 3.38. The molecule has 1 aromatic carbocycles. The molecule has 2 amide bonds. The number of hydrogen-bond acceptors (Lipinski definition) is 3. The molecule has 25 heavy (non-hydrogen) atoms. The number of carbonyl (C=O) groups is 1. The van der Waals surface area contributed by atoms with E-state index in [1.165, 1.54) is 25.9 Å². The zero-order valence-corrected chi connectivity index (χ0v) is 14.5. The van der Waals surface area contributed by atoms with Gasteiger partial charge in [-0.05, 0) is 50.0 Å². The highest BCUT2D eigenvalue weighted by atomic mass is 16.2. The predicted molar refractivity (Wildman–Crippen MR) is 97.6 cm³/mol. The summed E-state index contributed by atoms with van der Waals surface area (Å²) in [7, 11) is 0. The van der Waals surface area contributed by atoms with Crippen molar-refractivity contribution in [1.82, 2.24) is 19.6 Å². The number of aromatic nitrogens is 2. The third-order valence-electron chi connectivity index (χ3n) is 5.26. The first-order chi connectivity index (χ1) is 12.3. The molecule has 2 fully saturated rings. The number of likely N-dealkylation sites (tertiary alicyclic amines) is 2. The second-order valence-corrected chi connectivity index (χ2v) is 6.92. The molecule has 0 spiro atoms. The minimum absolute atomic E-state index is 0.00890. The normalized spacial score (nSPS) is 21.0. The molecule has 0 bridgehead atoms. The van der Waals surface area contributed by atoms with Crippen molar-refractivity contribution in [3.63, 3.8) is 0 Å². The molecule has 6 nitrogen and oxygen atoms in total. The zero-order valence-electron chi connectivity index (χ0n) is 14.5. The third kappa shape index (κ3) is 3.69. The first-order valence-electron chi connectivity index (χ1n) is 9.15. The Morgan fingerprint density at radius 1 is 1.16 bits per heavy atom. The van der Waals surface area contributed by atoms with Crippen LogP contribution in [0, 0.1) is 0 Å². The molecule has 0 saturated carbocycles. The second kappa shape index (κ2) is 7.27. The van der Waals surface area contributed by atoms with Crippen molar-refractivity contribution >= 4 is 11.7 Å². The van der Waals surface area contributed by atoms with Crippen molar-refractivity contribution in [2.75, 3.05) is 31.5 Å². The lowest BCUT2D eigenvalue weighted by Gasteiger charge is -2.24. The molecule has 3 heterocycles. The lowest BCUT2D eigenvalue weighted by atomic mass is 10.2. The Hall–Kier alpha value is -2.34. The Morgan fingerprint density at radius 3 is 2.80 bits per heavy atom. The van der Waals surface area contributed by atoms with E-state index in [1.807, 2.05) is 46.1 Å². The number of para-hydroxylation sites is 1. The smallest absolute Gasteiger partial charge is 0.321 e. The van der Waals surface area contributed by atoms with Gasteiger partial charge < -0.3 is 10.2 Å². The molecule has 0 radical (unpaired) electrons. The van der Waals surface area contributed by atoms with Crippen LogP contribution in [-0.4, -0.2) is 57.8 Å². The fourth-order valence-corrected chi connectivity index (χ4v) is 3.87. The molecule has 2 saturated heterocycles. The van der Waals surface area contributed by atoms with E-state index in [1.54, 1.807) is 6.20 Å². The van der Waals surface area contributed by atoms with Crippen molar-refractivity contribution in [1.29, 1.82) is 0 Å². The van der Waals surface area contributed by atoms with Crippen LogP contribution >= 0.6 is 0 Å². The lowest BCUT2D eigenvalue weighted by molar-refractivity contribution is 0.210. The Labute approximate surface area is 148 Å². The number of anilines is 1. The third-order valence-corrected chi connectivity index (χ3v) is 5.26. The van der Waals surface area contributed by atoms with Gasteiger partial charge in [0.15, 0.2) is 0 Å². The van der Waals surface area contributed by atoms with Crippen molar-refractivity contribution in [3.05, 3.63) is 48.3 Å². The number of nitrogens with zero attached hydrogens (tertiary/aromatic N) is 4. The summed E-state index contributed by atoms with van der Waals surface area (Å²) in [6, 6.07) is 10.4. The van der Waals surface area contributed by atoms with E-state index in [2.05, 4.69) is 15.3 Å². The van der Waals surface area contributed by atoms with Crippen LogP contribution < -0.4 is 5.32 Å². The molecule has 6 heteroatoms. The summed E-state index contributed by atoms with van der Waals surface area (Å²) < 4.78 is 1.87. The van der Waals surface area contributed by atoms with Crippen LogP contribution in [0.4, 0.5) is 10.5 Å². The van der Waals surface area contributed by atoms with Gasteiger partial charge in [-0.25, -0.2) is 4.79 Å². The van der Waals surface area contributed by atoms with Crippen molar-refractivity contribution in [2.45, 2.75) is 31.8 Å². The molecule has 2 aliphatic rings. The Kier molecular flexibility index (Phi) is 4.70. The van der Waals surface area contributed by atoms with Crippen LogP contribution in [0.5, 0.6) is 0 Å². The molecule has 0 aliphatic carbocycles. The van der Waals surface area contributed by atoms with Gasteiger partial charge in [0, 0.05) is 37.2 Å². The van der Waals surface area contributed by atoms with Crippen LogP contribution in [0.3, 0.4) is 0 Å². The Bertz CT molecular complexity index is 708. The number of hydrogen-bond donors (Lipinski definition) is 1. The molecule has 0 unspecified atom stereocenters. The molecule has 2 aliphatic heterocycles. The summed E-state index contributed by atoms with van der Waals surface area (Å²) in [5.41, 5.74) is 1.93. The van der Waals surface area contributed by atoms with Gasteiger partial charge in [0.05, 0.1) is 6.54 Å². The summed E-state index contributed by atoms with van der Waals surface area (Å²) in [4.78, 5) is 17.2. The summed E-state index contributed by atoms with van der Waals surface area (Å²) in [6.45, 7) is 4.71. The maximum atomic E-state index is 12.7. The van der Waals surface area contributed by atoms with E-state index in [0.717, 1.165) is 30.8 Å². The van der Waals surface area contributed by atoms with Gasteiger partial charge in [0.1, 0.15) is 0 Å². The predicted octanol–water partition coefficient (Wildman–Crippen LogP) is 2.63. The van der Waals surface area contributed by atoms with E-state index >= 15 is 0 Å².